The second-order valence-electron chi connectivity index (χ2n) is 7.41. The molecule has 0 saturated carbocycles. The zero-order valence-corrected chi connectivity index (χ0v) is 17.7. The lowest BCUT2D eigenvalue weighted by Crippen LogP contribution is -2.36. The molecule has 0 aliphatic heterocycles. The zero-order valence-electron chi connectivity index (χ0n) is 17.7. The summed E-state index contributed by atoms with van der Waals surface area (Å²) in [6.07, 6.45) is -0.513. The van der Waals surface area contributed by atoms with Gasteiger partial charge < -0.3 is 25.4 Å². The van der Waals surface area contributed by atoms with Crippen molar-refractivity contribution in [2.45, 2.75) is 19.4 Å². The molecule has 1 atom stereocenters. The maximum Gasteiger partial charge on any atom is 0.319 e. The number of carboxylic acid groups (broad SMARTS) is 1. The minimum Gasteiger partial charge on any atom is -0.505 e. The zero-order chi connectivity index (χ0) is 24.3. The molecule has 10 heteroatoms. The number of halogens is 2. The van der Waals surface area contributed by atoms with E-state index in [1.165, 1.54) is 29.8 Å². The van der Waals surface area contributed by atoms with E-state index in [4.69, 9.17) is 0 Å². The molecule has 0 saturated heterocycles. The fraction of sp³-hybridized carbons (Fsp3) is 0.174. The highest BCUT2D eigenvalue weighted by Crippen LogP contribution is 2.28. The molecule has 2 amide bonds. The lowest BCUT2D eigenvalue weighted by Gasteiger charge is -2.19. The van der Waals surface area contributed by atoms with Crippen LogP contribution < -0.4 is 16.2 Å². The van der Waals surface area contributed by atoms with Crippen LogP contribution in [0.3, 0.4) is 0 Å². The van der Waals surface area contributed by atoms with Gasteiger partial charge >= 0.3 is 12.0 Å². The fourth-order valence-corrected chi connectivity index (χ4v) is 3.30. The first-order valence-corrected chi connectivity index (χ1v) is 9.81. The van der Waals surface area contributed by atoms with E-state index in [1.807, 2.05) is 0 Å². The Morgan fingerprint density at radius 3 is 2.52 bits per heavy atom. The van der Waals surface area contributed by atoms with E-state index in [9.17, 15) is 33.4 Å². The Balaban J connectivity index is 1.89. The van der Waals surface area contributed by atoms with Crippen LogP contribution in [0.4, 0.5) is 19.3 Å². The summed E-state index contributed by atoms with van der Waals surface area (Å²) in [7, 11) is 1.47. The SMILES string of the molecule is Cc1cc(O)c(NC(=O)NC(CC(=O)O)c2cccc(-c3ccc(F)cc3F)c2)c(=O)n1C. The van der Waals surface area contributed by atoms with Crippen LogP contribution >= 0.6 is 0 Å². The third kappa shape index (κ3) is 5.35. The first-order valence-electron chi connectivity index (χ1n) is 9.81. The van der Waals surface area contributed by atoms with Crippen LogP contribution in [0, 0.1) is 18.6 Å². The van der Waals surface area contributed by atoms with Crippen LogP contribution in [0.2, 0.25) is 0 Å². The molecule has 33 heavy (non-hydrogen) atoms. The largest absolute Gasteiger partial charge is 0.505 e. The van der Waals surface area contributed by atoms with Gasteiger partial charge in [0.05, 0.1) is 12.5 Å². The monoisotopic (exact) mass is 457 g/mol. The minimum atomic E-state index is -1.22. The molecule has 0 spiro atoms. The summed E-state index contributed by atoms with van der Waals surface area (Å²) in [4.78, 5) is 36.3. The Labute approximate surface area is 187 Å². The Morgan fingerprint density at radius 2 is 1.85 bits per heavy atom. The highest BCUT2D eigenvalue weighted by Gasteiger charge is 2.21. The molecule has 0 radical (unpaired) electrons. The molecular weight excluding hydrogens is 436 g/mol. The standard InChI is InChI=1S/C23H21F2N3O5/c1-12-8-19(29)21(22(32)28(12)2)27-23(33)26-18(11-20(30)31)14-5-3-4-13(9-14)16-7-6-15(24)10-17(16)25/h3-10,18,29H,11H2,1-2H3,(H,30,31)(H2,26,27,33). The predicted octanol–water partition coefficient (Wildman–Crippen LogP) is 3.68. The second kappa shape index (κ2) is 9.51. The van der Waals surface area contributed by atoms with Crippen molar-refractivity contribution < 1.29 is 28.6 Å². The maximum absolute atomic E-state index is 14.2. The van der Waals surface area contributed by atoms with Crippen molar-refractivity contribution in [1.29, 1.82) is 0 Å². The van der Waals surface area contributed by atoms with Gasteiger partial charge in [-0.3, -0.25) is 9.59 Å². The number of pyridine rings is 1. The molecule has 4 N–H and O–H groups in total. The van der Waals surface area contributed by atoms with Crippen molar-refractivity contribution in [1.82, 2.24) is 9.88 Å². The van der Waals surface area contributed by atoms with Crippen LogP contribution in [-0.2, 0) is 11.8 Å². The Kier molecular flexibility index (Phi) is 6.76. The van der Waals surface area contributed by atoms with E-state index in [2.05, 4.69) is 10.6 Å². The molecule has 1 heterocycles. The van der Waals surface area contributed by atoms with E-state index in [1.54, 1.807) is 25.1 Å². The number of hydrogen-bond acceptors (Lipinski definition) is 4. The van der Waals surface area contributed by atoms with Gasteiger partial charge in [0.1, 0.15) is 17.4 Å². The van der Waals surface area contributed by atoms with Crippen molar-refractivity contribution in [3.05, 3.63) is 81.8 Å². The number of aromatic hydroxyl groups is 1. The summed E-state index contributed by atoms with van der Waals surface area (Å²) in [5, 5.41) is 24.0. The number of urea groups is 1. The van der Waals surface area contributed by atoms with E-state index in [-0.39, 0.29) is 11.3 Å². The first-order chi connectivity index (χ1) is 15.6. The molecule has 8 nitrogen and oxygen atoms in total. The van der Waals surface area contributed by atoms with Crippen molar-refractivity contribution in [2.75, 3.05) is 5.32 Å². The van der Waals surface area contributed by atoms with Crippen LogP contribution in [0.25, 0.3) is 11.1 Å². The quantitative estimate of drug-likeness (QED) is 0.450. The number of nitrogens with one attached hydrogen (secondary N) is 2. The molecule has 3 rings (SSSR count). The Morgan fingerprint density at radius 1 is 1.12 bits per heavy atom. The number of hydrogen-bond donors (Lipinski definition) is 4. The number of carboxylic acids is 1. The van der Waals surface area contributed by atoms with E-state index in [0.29, 0.717) is 16.8 Å². The lowest BCUT2D eigenvalue weighted by atomic mass is 9.97. The molecule has 0 aliphatic carbocycles. The highest BCUT2D eigenvalue weighted by molar-refractivity contribution is 5.91. The number of benzene rings is 2. The van der Waals surface area contributed by atoms with Crippen molar-refractivity contribution in [2.24, 2.45) is 7.05 Å². The van der Waals surface area contributed by atoms with Crippen molar-refractivity contribution >= 4 is 17.7 Å². The van der Waals surface area contributed by atoms with E-state index in [0.717, 1.165) is 12.1 Å². The highest BCUT2D eigenvalue weighted by atomic mass is 19.1. The smallest absolute Gasteiger partial charge is 0.319 e. The third-order valence-electron chi connectivity index (χ3n) is 5.10. The van der Waals surface area contributed by atoms with Gasteiger partial charge in [-0.15, -0.1) is 0 Å². The van der Waals surface area contributed by atoms with Gasteiger partial charge in [0.25, 0.3) is 5.56 Å². The summed E-state index contributed by atoms with van der Waals surface area (Å²) in [6.45, 7) is 1.60. The molecule has 0 aliphatic rings. The van der Waals surface area contributed by atoms with Crippen LogP contribution in [0.1, 0.15) is 23.7 Å². The Hall–Kier alpha value is -4.21. The van der Waals surface area contributed by atoms with Gasteiger partial charge in [-0.2, -0.15) is 0 Å². The number of carbonyl (C=O) groups is 2. The number of rotatable bonds is 6. The van der Waals surface area contributed by atoms with Crippen LogP contribution in [0.15, 0.2) is 53.3 Å². The van der Waals surface area contributed by atoms with Gasteiger partial charge in [0.15, 0.2) is 5.69 Å². The van der Waals surface area contributed by atoms with E-state index >= 15 is 0 Å². The van der Waals surface area contributed by atoms with Crippen LogP contribution in [0.5, 0.6) is 5.75 Å². The van der Waals surface area contributed by atoms with Gasteiger partial charge in [0.2, 0.25) is 0 Å². The average Bonchev–Trinajstić information content (AvgIpc) is 2.74. The topological polar surface area (TPSA) is 121 Å². The van der Waals surface area contributed by atoms with Gasteiger partial charge in [-0.05, 0) is 36.2 Å². The molecule has 0 bridgehead atoms. The minimum absolute atomic E-state index is 0.102. The molecule has 0 fully saturated rings. The summed E-state index contributed by atoms with van der Waals surface area (Å²) in [6, 6.07) is 8.54. The van der Waals surface area contributed by atoms with E-state index < -0.39 is 47.4 Å². The normalized spacial score (nSPS) is 11.6. The van der Waals surface area contributed by atoms with Gasteiger partial charge in [0, 0.05) is 30.4 Å². The molecule has 172 valence electrons. The number of nitrogens with zero attached hydrogens (tertiary/aromatic N) is 1. The molecule has 1 aromatic heterocycles. The van der Waals surface area contributed by atoms with Crippen molar-refractivity contribution in [3.63, 3.8) is 0 Å². The number of aryl methyl sites for hydroxylation is 1. The fourth-order valence-electron chi connectivity index (χ4n) is 3.30. The number of anilines is 1. The predicted molar refractivity (Wildman–Crippen MR) is 117 cm³/mol. The molecule has 3 aromatic rings. The molecule has 1 unspecified atom stereocenters. The lowest BCUT2D eigenvalue weighted by molar-refractivity contribution is -0.137. The maximum atomic E-state index is 14.2. The first kappa shape index (κ1) is 23.5. The van der Waals surface area contributed by atoms with Crippen LogP contribution in [-0.4, -0.2) is 26.8 Å². The summed E-state index contributed by atoms with van der Waals surface area (Å²) < 4.78 is 28.7. The number of aromatic nitrogens is 1. The summed E-state index contributed by atoms with van der Waals surface area (Å²) in [5.74, 6) is -3.18. The second-order valence-corrected chi connectivity index (χ2v) is 7.41. The number of aliphatic carboxylic acids is 1. The number of carbonyl (C=O) groups excluding carboxylic acids is 1. The Bertz CT molecular complexity index is 1290. The van der Waals surface area contributed by atoms with Crippen molar-refractivity contribution in [3.8, 4) is 16.9 Å². The summed E-state index contributed by atoms with van der Waals surface area (Å²) >= 11 is 0. The van der Waals surface area contributed by atoms with Gasteiger partial charge in [-0.1, -0.05) is 18.2 Å². The third-order valence-corrected chi connectivity index (χ3v) is 5.10. The molecular formula is C23H21F2N3O5. The summed E-state index contributed by atoms with van der Waals surface area (Å²) in [5.41, 5.74) is 0.257. The average molecular weight is 457 g/mol. The van der Waals surface area contributed by atoms with Gasteiger partial charge in [-0.25, -0.2) is 13.6 Å². The number of amides is 2. The molecule has 2 aromatic carbocycles.